The van der Waals surface area contributed by atoms with E-state index in [-0.39, 0.29) is 17.4 Å². The van der Waals surface area contributed by atoms with Crippen molar-refractivity contribution >= 4 is 5.97 Å². The predicted octanol–water partition coefficient (Wildman–Crippen LogP) is 2.15. The van der Waals surface area contributed by atoms with Gasteiger partial charge in [-0.2, -0.15) is 0 Å². The van der Waals surface area contributed by atoms with E-state index in [2.05, 4.69) is 23.1 Å². The first-order chi connectivity index (χ1) is 13.0. The minimum absolute atomic E-state index is 0.166. The van der Waals surface area contributed by atoms with Crippen molar-refractivity contribution < 1.29 is 14.3 Å². The zero-order valence-corrected chi connectivity index (χ0v) is 16.0. The number of nitrogens with zero attached hydrogens (tertiary/aromatic N) is 1. The molecule has 3 saturated heterocycles. The lowest BCUT2D eigenvalue weighted by atomic mass is 9.45. The number of methoxy groups -OCH3 is 1. The molecular weight excluding hydrogens is 340 g/mol. The molecule has 5 nitrogen and oxygen atoms in total. The lowest BCUT2D eigenvalue weighted by Crippen LogP contribution is -2.82. The largest absolute Gasteiger partial charge is 0.497 e. The average Bonchev–Trinajstić information content (AvgIpc) is 3.48. The van der Waals surface area contributed by atoms with Crippen molar-refractivity contribution in [2.24, 2.45) is 11.7 Å². The van der Waals surface area contributed by atoms with Crippen LogP contribution in [0.15, 0.2) is 18.2 Å². The lowest BCUT2D eigenvalue weighted by molar-refractivity contribution is -0.245. The molecule has 0 radical (unpaired) electrons. The highest BCUT2D eigenvalue weighted by Gasteiger charge is 2.74. The molecule has 1 aromatic rings. The van der Waals surface area contributed by atoms with Gasteiger partial charge >= 0.3 is 5.97 Å². The number of carbonyl (C=O) groups is 1. The molecule has 7 rings (SSSR count). The minimum atomic E-state index is -0.831. The van der Waals surface area contributed by atoms with Crippen LogP contribution in [0.3, 0.4) is 0 Å². The maximum absolute atomic E-state index is 12.8. The molecule has 0 amide bonds. The van der Waals surface area contributed by atoms with Crippen LogP contribution in [0.25, 0.3) is 0 Å². The number of piperidine rings is 1. The van der Waals surface area contributed by atoms with Gasteiger partial charge in [0.2, 0.25) is 0 Å². The highest BCUT2D eigenvalue weighted by atomic mass is 16.6. The van der Waals surface area contributed by atoms with Crippen LogP contribution in [0, 0.1) is 5.92 Å². The van der Waals surface area contributed by atoms with E-state index in [9.17, 15) is 4.79 Å². The Labute approximate surface area is 160 Å². The molecule has 1 unspecified atom stereocenters. The van der Waals surface area contributed by atoms with Gasteiger partial charge in [0.05, 0.1) is 13.2 Å². The Kier molecular flexibility index (Phi) is 3.07. The normalized spacial score (nSPS) is 42.3. The van der Waals surface area contributed by atoms with Gasteiger partial charge in [0.15, 0.2) is 0 Å². The quantitative estimate of drug-likeness (QED) is 0.828. The smallest absolute Gasteiger partial charge is 0.326 e. The van der Waals surface area contributed by atoms with Crippen LogP contribution in [-0.4, -0.2) is 48.3 Å². The molecule has 2 N–H and O–H groups in total. The van der Waals surface area contributed by atoms with Crippen LogP contribution in [0.2, 0.25) is 0 Å². The number of fused-ring (bicyclic) bond motifs is 3. The molecule has 144 valence electrons. The van der Waals surface area contributed by atoms with Gasteiger partial charge in [-0.15, -0.1) is 0 Å². The molecule has 3 aliphatic heterocycles. The van der Waals surface area contributed by atoms with Crippen LogP contribution in [0.5, 0.6) is 5.75 Å². The minimum Gasteiger partial charge on any atom is -0.497 e. The van der Waals surface area contributed by atoms with Gasteiger partial charge in [-0.3, -0.25) is 9.69 Å². The third kappa shape index (κ3) is 1.94. The number of benzene rings is 1. The Balaban J connectivity index is 1.54. The van der Waals surface area contributed by atoms with Crippen LogP contribution in [0.1, 0.15) is 49.7 Å². The fourth-order valence-corrected chi connectivity index (χ4v) is 6.77. The SMILES string of the molecule is COc1ccc2c(c1)[C@]13CCN(CC4CC4)[C@H](C2)[C@]12CCC(N)(C3)C(=O)O2. The number of esters is 1. The number of carbonyl (C=O) groups excluding carboxylic acids is 1. The number of hydrogen-bond donors (Lipinski definition) is 1. The summed E-state index contributed by atoms with van der Waals surface area (Å²) in [4.78, 5) is 15.5. The van der Waals surface area contributed by atoms with E-state index >= 15 is 0 Å². The molecule has 0 aromatic heterocycles. The van der Waals surface area contributed by atoms with E-state index < -0.39 is 11.1 Å². The molecule has 1 spiro atoms. The molecular formula is C22H28N2O3. The Bertz CT molecular complexity index is 837. The summed E-state index contributed by atoms with van der Waals surface area (Å²) in [7, 11) is 1.72. The number of nitrogens with two attached hydrogens (primary N) is 1. The Morgan fingerprint density at radius 3 is 2.89 bits per heavy atom. The zero-order chi connectivity index (χ0) is 18.4. The van der Waals surface area contributed by atoms with E-state index in [1.54, 1.807) is 7.11 Å². The van der Waals surface area contributed by atoms with E-state index in [0.29, 0.717) is 6.42 Å². The van der Waals surface area contributed by atoms with Crippen molar-refractivity contribution in [3.63, 3.8) is 0 Å². The van der Waals surface area contributed by atoms with Crippen LogP contribution >= 0.6 is 0 Å². The topological polar surface area (TPSA) is 64.8 Å². The second-order valence-corrected chi connectivity index (χ2v) is 9.63. The molecule has 5 fully saturated rings. The summed E-state index contributed by atoms with van der Waals surface area (Å²) in [5.74, 6) is 1.55. The average molecular weight is 368 g/mol. The van der Waals surface area contributed by atoms with Crippen molar-refractivity contribution in [3.8, 4) is 5.75 Å². The molecule has 27 heavy (non-hydrogen) atoms. The second kappa shape index (κ2) is 5.06. The van der Waals surface area contributed by atoms with Gasteiger partial charge in [0.1, 0.15) is 16.9 Å². The molecule has 5 heteroatoms. The molecule has 2 saturated carbocycles. The number of likely N-dealkylation sites (tertiary alicyclic amines) is 1. The highest BCUT2D eigenvalue weighted by molar-refractivity contribution is 5.84. The maximum Gasteiger partial charge on any atom is 0.326 e. The lowest BCUT2D eigenvalue weighted by Gasteiger charge is -2.70. The van der Waals surface area contributed by atoms with Crippen molar-refractivity contribution in [1.82, 2.24) is 4.90 Å². The summed E-state index contributed by atoms with van der Waals surface area (Å²) in [5, 5.41) is 0. The molecule has 4 bridgehead atoms. The van der Waals surface area contributed by atoms with Gasteiger partial charge in [0, 0.05) is 12.0 Å². The standard InChI is InChI=1S/C22H28N2O3/c1-26-16-5-4-15-10-18-22-7-6-21(23,19(25)27-22)13-20(22,17(15)11-16)8-9-24(18)12-14-2-3-14/h4-5,11,14,18H,2-3,6-10,12-13,23H2,1H3/t18-,20-,21?,22-/m1/s1. The van der Waals surface area contributed by atoms with Crippen molar-refractivity contribution in [2.75, 3.05) is 20.2 Å². The monoisotopic (exact) mass is 368 g/mol. The van der Waals surface area contributed by atoms with Gasteiger partial charge in [0.25, 0.3) is 0 Å². The van der Waals surface area contributed by atoms with Gasteiger partial charge in [-0.1, -0.05) is 6.07 Å². The highest BCUT2D eigenvalue weighted by Crippen LogP contribution is 2.64. The summed E-state index contributed by atoms with van der Waals surface area (Å²) >= 11 is 0. The molecule has 3 aliphatic carbocycles. The maximum atomic E-state index is 12.8. The fraction of sp³-hybridized carbons (Fsp3) is 0.682. The summed E-state index contributed by atoms with van der Waals surface area (Å²) in [6, 6.07) is 6.77. The van der Waals surface area contributed by atoms with Crippen molar-refractivity contribution in [3.05, 3.63) is 29.3 Å². The van der Waals surface area contributed by atoms with E-state index in [1.165, 1.54) is 24.0 Å². The Hall–Kier alpha value is -1.59. The van der Waals surface area contributed by atoms with E-state index in [4.69, 9.17) is 15.2 Å². The summed E-state index contributed by atoms with van der Waals surface area (Å²) in [6.45, 7) is 2.23. The number of hydrogen-bond acceptors (Lipinski definition) is 5. The third-order valence-corrected chi connectivity index (χ3v) is 8.29. The molecule has 6 aliphatic rings. The van der Waals surface area contributed by atoms with Crippen molar-refractivity contribution in [2.45, 2.75) is 67.5 Å². The second-order valence-electron chi connectivity index (χ2n) is 9.63. The molecule has 1 aromatic carbocycles. The van der Waals surface area contributed by atoms with Crippen LogP contribution in [-0.2, 0) is 21.4 Å². The molecule has 4 atom stereocenters. The fourth-order valence-electron chi connectivity index (χ4n) is 6.77. The summed E-state index contributed by atoms with van der Waals surface area (Å²) < 4.78 is 11.9. The first-order valence-electron chi connectivity index (χ1n) is 10.4. The predicted molar refractivity (Wildman–Crippen MR) is 101 cm³/mol. The summed E-state index contributed by atoms with van der Waals surface area (Å²) in [6.07, 6.45) is 7.02. The van der Waals surface area contributed by atoms with Gasteiger partial charge in [-0.25, -0.2) is 0 Å². The zero-order valence-electron chi connectivity index (χ0n) is 16.0. The first-order valence-corrected chi connectivity index (χ1v) is 10.4. The third-order valence-electron chi connectivity index (χ3n) is 8.29. The Morgan fingerprint density at radius 2 is 2.15 bits per heavy atom. The van der Waals surface area contributed by atoms with E-state index in [1.807, 2.05) is 0 Å². The van der Waals surface area contributed by atoms with Gasteiger partial charge in [-0.05, 0) is 80.7 Å². The number of rotatable bonds is 3. The first kappa shape index (κ1) is 16.4. The van der Waals surface area contributed by atoms with E-state index in [0.717, 1.165) is 50.4 Å². The number of ether oxygens (including phenoxy) is 2. The Morgan fingerprint density at radius 1 is 1.30 bits per heavy atom. The van der Waals surface area contributed by atoms with Crippen LogP contribution < -0.4 is 10.5 Å². The van der Waals surface area contributed by atoms with Crippen molar-refractivity contribution in [1.29, 1.82) is 0 Å². The van der Waals surface area contributed by atoms with Crippen LogP contribution in [0.4, 0.5) is 0 Å². The summed E-state index contributed by atoms with van der Waals surface area (Å²) in [5.41, 5.74) is 7.91. The molecule has 3 heterocycles. The van der Waals surface area contributed by atoms with Gasteiger partial charge < -0.3 is 15.2 Å².